The van der Waals surface area contributed by atoms with Crippen LogP contribution in [-0.2, 0) is 17.8 Å². The van der Waals surface area contributed by atoms with E-state index in [1.54, 1.807) is 6.92 Å². The maximum Gasteiger partial charge on any atom is 0.262 e. The normalized spacial score (nSPS) is 17.9. The van der Waals surface area contributed by atoms with E-state index in [0.717, 1.165) is 19.5 Å². The second-order valence-electron chi connectivity index (χ2n) is 7.50. The number of amides is 2. The summed E-state index contributed by atoms with van der Waals surface area (Å²) in [6, 6.07) is 9.42. The number of nitrogens with zero attached hydrogens (tertiary/aromatic N) is 2. The standard InChI is InChI=1S/C21H24N4O4/c1-13(18(26)11-25-7-6-14-4-2-3-5-15(14)10-25)23-20(28)16-8-17-21(22-9-16)29-12-19(27)24-17/h2-5,8-9,13,18,26H,6-7,10-12H2,1H3,(H,23,28)(H,24,27)/t13-,18-/m0/s1. The van der Waals surface area contributed by atoms with E-state index < -0.39 is 12.1 Å². The SMILES string of the molecule is C[C@H](NC(=O)c1cnc2c(c1)NC(=O)CO2)[C@@H](O)CN1CCc2ccccc2C1. The van der Waals surface area contributed by atoms with Crippen LogP contribution in [-0.4, -0.2) is 58.6 Å². The molecule has 29 heavy (non-hydrogen) atoms. The van der Waals surface area contributed by atoms with Gasteiger partial charge in [0.2, 0.25) is 5.88 Å². The van der Waals surface area contributed by atoms with Crippen LogP contribution in [0.4, 0.5) is 5.69 Å². The molecule has 2 aliphatic heterocycles. The number of fused-ring (bicyclic) bond motifs is 2. The zero-order valence-electron chi connectivity index (χ0n) is 16.2. The number of β-amino-alcohol motifs (C(OH)–C–C–N with tert-alkyl or cyclic N) is 1. The molecule has 3 N–H and O–H groups in total. The van der Waals surface area contributed by atoms with Gasteiger partial charge in [0, 0.05) is 25.8 Å². The van der Waals surface area contributed by atoms with E-state index >= 15 is 0 Å². The summed E-state index contributed by atoms with van der Waals surface area (Å²) < 4.78 is 5.20. The summed E-state index contributed by atoms with van der Waals surface area (Å²) in [6.45, 7) is 3.83. The first-order valence-corrected chi connectivity index (χ1v) is 9.70. The van der Waals surface area contributed by atoms with E-state index in [9.17, 15) is 14.7 Å². The minimum Gasteiger partial charge on any atom is -0.466 e. The van der Waals surface area contributed by atoms with Gasteiger partial charge in [-0.25, -0.2) is 4.98 Å². The monoisotopic (exact) mass is 396 g/mol. The number of pyridine rings is 1. The quantitative estimate of drug-likeness (QED) is 0.695. The van der Waals surface area contributed by atoms with Gasteiger partial charge < -0.3 is 20.5 Å². The molecule has 0 aliphatic carbocycles. The number of rotatable bonds is 5. The van der Waals surface area contributed by atoms with Crippen LogP contribution < -0.4 is 15.4 Å². The van der Waals surface area contributed by atoms with E-state index in [-0.39, 0.29) is 18.4 Å². The second-order valence-corrected chi connectivity index (χ2v) is 7.50. The fourth-order valence-electron chi connectivity index (χ4n) is 3.62. The maximum atomic E-state index is 12.6. The minimum atomic E-state index is -0.710. The van der Waals surface area contributed by atoms with Crippen LogP contribution in [0.1, 0.15) is 28.4 Å². The van der Waals surface area contributed by atoms with Crippen molar-refractivity contribution in [2.45, 2.75) is 32.0 Å². The van der Waals surface area contributed by atoms with Gasteiger partial charge in [0.05, 0.1) is 17.7 Å². The Morgan fingerprint density at radius 3 is 3.00 bits per heavy atom. The summed E-state index contributed by atoms with van der Waals surface area (Å²) in [4.78, 5) is 30.3. The van der Waals surface area contributed by atoms with Crippen molar-refractivity contribution >= 4 is 17.5 Å². The molecule has 152 valence electrons. The first-order chi connectivity index (χ1) is 14.0. The molecule has 0 spiro atoms. The molecule has 0 radical (unpaired) electrons. The van der Waals surface area contributed by atoms with Crippen LogP contribution in [0.15, 0.2) is 36.5 Å². The number of aromatic nitrogens is 1. The van der Waals surface area contributed by atoms with Crippen molar-refractivity contribution in [3.8, 4) is 5.88 Å². The van der Waals surface area contributed by atoms with Gasteiger partial charge in [-0.3, -0.25) is 14.5 Å². The molecule has 3 heterocycles. The van der Waals surface area contributed by atoms with Gasteiger partial charge in [0.15, 0.2) is 6.61 Å². The Hall–Kier alpha value is -2.97. The Kier molecular flexibility index (Phi) is 5.46. The Labute approximate surface area is 168 Å². The van der Waals surface area contributed by atoms with Gasteiger partial charge in [-0.2, -0.15) is 0 Å². The van der Waals surface area contributed by atoms with Crippen molar-refractivity contribution in [3.63, 3.8) is 0 Å². The first kappa shape index (κ1) is 19.4. The Bertz CT molecular complexity index is 933. The van der Waals surface area contributed by atoms with Crippen molar-refractivity contribution in [1.29, 1.82) is 0 Å². The van der Waals surface area contributed by atoms with E-state index in [0.29, 0.717) is 23.7 Å². The summed E-state index contributed by atoms with van der Waals surface area (Å²) in [5, 5.41) is 16.0. The number of anilines is 1. The Balaban J connectivity index is 1.34. The summed E-state index contributed by atoms with van der Waals surface area (Å²) >= 11 is 0. The molecule has 8 nitrogen and oxygen atoms in total. The highest BCUT2D eigenvalue weighted by Crippen LogP contribution is 2.25. The van der Waals surface area contributed by atoms with Crippen LogP contribution in [0.25, 0.3) is 0 Å². The highest BCUT2D eigenvalue weighted by atomic mass is 16.5. The summed E-state index contributed by atoms with van der Waals surface area (Å²) in [7, 11) is 0. The zero-order valence-corrected chi connectivity index (χ0v) is 16.2. The minimum absolute atomic E-state index is 0.0876. The number of carbonyl (C=O) groups excluding carboxylic acids is 2. The molecule has 2 atom stereocenters. The van der Waals surface area contributed by atoms with Gasteiger partial charge in [-0.1, -0.05) is 24.3 Å². The fourth-order valence-corrected chi connectivity index (χ4v) is 3.62. The molecule has 8 heteroatoms. The van der Waals surface area contributed by atoms with E-state index in [4.69, 9.17) is 4.74 Å². The van der Waals surface area contributed by atoms with Crippen molar-refractivity contribution in [3.05, 3.63) is 53.2 Å². The molecule has 1 aromatic heterocycles. The third-order valence-corrected chi connectivity index (χ3v) is 5.32. The Morgan fingerprint density at radius 1 is 1.38 bits per heavy atom. The lowest BCUT2D eigenvalue weighted by Gasteiger charge is -2.32. The van der Waals surface area contributed by atoms with Crippen LogP contribution in [0.2, 0.25) is 0 Å². The molecule has 2 amide bonds. The number of hydrogen-bond donors (Lipinski definition) is 3. The molecule has 0 bridgehead atoms. The van der Waals surface area contributed by atoms with Crippen molar-refractivity contribution in [2.24, 2.45) is 0 Å². The third-order valence-electron chi connectivity index (χ3n) is 5.32. The summed E-state index contributed by atoms with van der Waals surface area (Å²) in [5.74, 6) is -0.362. The molecule has 1 aromatic carbocycles. The molecular formula is C21H24N4O4. The van der Waals surface area contributed by atoms with Crippen LogP contribution in [0.5, 0.6) is 5.88 Å². The average Bonchev–Trinajstić information content (AvgIpc) is 2.73. The van der Waals surface area contributed by atoms with E-state index in [1.165, 1.54) is 23.4 Å². The van der Waals surface area contributed by atoms with Crippen LogP contribution in [0, 0.1) is 0 Å². The summed E-state index contributed by atoms with van der Waals surface area (Å²) in [6.07, 6.45) is 1.64. The number of ether oxygens (including phenoxy) is 1. The summed E-state index contributed by atoms with van der Waals surface area (Å²) in [5.41, 5.74) is 3.30. The number of carbonyl (C=O) groups is 2. The van der Waals surface area contributed by atoms with Gasteiger partial charge in [0.1, 0.15) is 5.69 Å². The smallest absolute Gasteiger partial charge is 0.262 e. The third kappa shape index (κ3) is 4.38. The highest BCUT2D eigenvalue weighted by molar-refractivity contribution is 5.99. The second kappa shape index (κ2) is 8.18. The van der Waals surface area contributed by atoms with Gasteiger partial charge >= 0.3 is 0 Å². The van der Waals surface area contributed by atoms with Gasteiger partial charge in [0.25, 0.3) is 11.8 Å². The number of benzene rings is 1. The molecule has 2 aliphatic rings. The lowest BCUT2D eigenvalue weighted by Crippen LogP contribution is -2.47. The fraction of sp³-hybridized carbons (Fsp3) is 0.381. The van der Waals surface area contributed by atoms with Crippen molar-refractivity contribution in [1.82, 2.24) is 15.2 Å². The average molecular weight is 396 g/mol. The number of aliphatic hydroxyl groups is 1. The predicted molar refractivity (Wildman–Crippen MR) is 107 cm³/mol. The lowest BCUT2D eigenvalue weighted by atomic mass is 9.99. The van der Waals surface area contributed by atoms with Gasteiger partial charge in [-0.15, -0.1) is 0 Å². The topological polar surface area (TPSA) is 104 Å². The largest absolute Gasteiger partial charge is 0.466 e. The molecule has 4 rings (SSSR count). The molecule has 0 saturated heterocycles. The zero-order chi connectivity index (χ0) is 20.4. The van der Waals surface area contributed by atoms with Crippen molar-refractivity contribution < 1.29 is 19.4 Å². The highest BCUT2D eigenvalue weighted by Gasteiger charge is 2.24. The molecule has 0 unspecified atom stereocenters. The Morgan fingerprint density at radius 2 is 2.17 bits per heavy atom. The maximum absolute atomic E-state index is 12.6. The first-order valence-electron chi connectivity index (χ1n) is 9.70. The van der Waals surface area contributed by atoms with Crippen LogP contribution >= 0.6 is 0 Å². The van der Waals surface area contributed by atoms with Crippen molar-refractivity contribution in [2.75, 3.05) is 25.0 Å². The van der Waals surface area contributed by atoms with Gasteiger partial charge in [-0.05, 0) is 30.5 Å². The number of nitrogens with one attached hydrogen (secondary N) is 2. The predicted octanol–water partition coefficient (Wildman–Crippen LogP) is 0.950. The van der Waals surface area contributed by atoms with E-state index in [1.807, 2.05) is 12.1 Å². The number of hydrogen-bond acceptors (Lipinski definition) is 6. The van der Waals surface area contributed by atoms with E-state index in [2.05, 4.69) is 32.7 Å². The molecule has 0 fully saturated rings. The molecular weight excluding hydrogens is 372 g/mol. The molecule has 0 saturated carbocycles. The lowest BCUT2D eigenvalue weighted by molar-refractivity contribution is -0.118. The number of aliphatic hydroxyl groups excluding tert-OH is 1. The van der Waals surface area contributed by atoms with Crippen LogP contribution in [0.3, 0.4) is 0 Å². The molecule has 2 aromatic rings.